The maximum absolute atomic E-state index is 11.4. The van der Waals surface area contributed by atoms with Crippen LogP contribution in [0.2, 0.25) is 10.0 Å². The molecule has 0 unspecified atom stereocenters. The molecule has 0 saturated heterocycles. The van der Waals surface area contributed by atoms with Crippen LogP contribution in [0.5, 0.6) is 0 Å². The van der Waals surface area contributed by atoms with E-state index in [-0.39, 0.29) is 24.8 Å². The molecule has 6 heteroatoms. The highest BCUT2D eigenvalue weighted by molar-refractivity contribution is 6.35. The van der Waals surface area contributed by atoms with E-state index in [1.54, 1.807) is 24.3 Å². The molecule has 4 nitrogen and oxygen atoms in total. The predicted octanol–water partition coefficient (Wildman–Crippen LogP) is 2.69. The Morgan fingerprint density at radius 2 is 2.11 bits per heavy atom. The Bertz CT molecular complexity index is 501. The highest BCUT2D eigenvalue weighted by Gasteiger charge is 2.02. The standard InChI is InChI=1S/C13H13Cl2NO3/c1-19-13(18)6-7-16-12(17)5-3-9-2-4-10(14)8-11(9)15/h2-5,8H,6-7H2,1H3,(H,16,17)/b5-3+. The average Bonchev–Trinajstić information content (AvgIpc) is 2.37. The molecule has 0 fully saturated rings. The van der Waals surface area contributed by atoms with Crippen molar-refractivity contribution in [2.24, 2.45) is 0 Å². The van der Waals surface area contributed by atoms with E-state index in [2.05, 4.69) is 10.1 Å². The van der Waals surface area contributed by atoms with E-state index in [9.17, 15) is 9.59 Å². The van der Waals surface area contributed by atoms with E-state index < -0.39 is 0 Å². The van der Waals surface area contributed by atoms with Crippen LogP contribution in [0.1, 0.15) is 12.0 Å². The highest BCUT2D eigenvalue weighted by Crippen LogP contribution is 2.21. The van der Waals surface area contributed by atoms with Gasteiger partial charge in [-0.15, -0.1) is 0 Å². The summed E-state index contributed by atoms with van der Waals surface area (Å²) in [6.07, 6.45) is 3.05. The molecule has 19 heavy (non-hydrogen) atoms. The Morgan fingerprint density at radius 3 is 2.74 bits per heavy atom. The second kappa shape index (κ2) is 7.81. The monoisotopic (exact) mass is 301 g/mol. The molecule has 1 amide bonds. The number of benzene rings is 1. The zero-order valence-electron chi connectivity index (χ0n) is 10.3. The van der Waals surface area contributed by atoms with Crippen LogP contribution in [0.3, 0.4) is 0 Å². The Morgan fingerprint density at radius 1 is 1.37 bits per heavy atom. The van der Waals surface area contributed by atoms with Crippen molar-refractivity contribution in [1.82, 2.24) is 5.32 Å². The van der Waals surface area contributed by atoms with Crippen LogP contribution in [0, 0.1) is 0 Å². The van der Waals surface area contributed by atoms with Crippen LogP contribution >= 0.6 is 23.2 Å². The van der Waals surface area contributed by atoms with E-state index in [0.29, 0.717) is 15.6 Å². The fourth-order valence-electron chi connectivity index (χ4n) is 1.25. The summed E-state index contributed by atoms with van der Waals surface area (Å²) in [5.41, 5.74) is 0.689. The summed E-state index contributed by atoms with van der Waals surface area (Å²) in [6, 6.07) is 4.99. The second-order valence-corrected chi connectivity index (χ2v) is 4.46. The van der Waals surface area contributed by atoms with Gasteiger partial charge >= 0.3 is 5.97 Å². The lowest BCUT2D eigenvalue weighted by molar-refractivity contribution is -0.140. The van der Waals surface area contributed by atoms with Gasteiger partial charge in [0.05, 0.1) is 13.5 Å². The van der Waals surface area contributed by atoms with Gasteiger partial charge in [0.25, 0.3) is 0 Å². The fraction of sp³-hybridized carbons (Fsp3) is 0.231. The summed E-state index contributed by atoms with van der Waals surface area (Å²) >= 11 is 11.7. The first-order chi connectivity index (χ1) is 9.02. The lowest BCUT2D eigenvalue weighted by Gasteiger charge is -2.01. The molecule has 1 rings (SSSR count). The van der Waals surface area contributed by atoms with Gasteiger partial charge in [0, 0.05) is 22.7 Å². The van der Waals surface area contributed by atoms with E-state index >= 15 is 0 Å². The topological polar surface area (TPSA) is 55.4 Å². The van der Waals surface area contributed by atoms with Gasteiger partial charge in [-0.3, -0.25) is 9.59 Å². The van der Waals surface area contributed by atoms with Gasteiger partial charge in [0.15, 0.2) is 0 Å². The van der Waals surface area contributed by atoms with Gasteiger partial charge < -0.3 is 10.1 Å². The summed E-state index contributed by atoms with van der Waals surface area (Å²) in [5.74, 6) is -0.681. The molecule has 102 valence electrons. The summed E-state index contributed by atoms with van der Waals surface area (Å²) in [4.78, 5) is 22.3. The quantitative estimate of drug-likeness (QED) is 0.672. The number of nitrogens with one attached hydrogen (secondary N) is 1. The Kier molecular flexibility index (Phi) is 6.39. The molecular formula is C13H13Cl2NO3. The lowest BCUT2D eigenvalue weighted by Crippen LogP contribution is -2.24. The molecule has 1 aromatic rings. The van der Waals surface area contributed by atoms with Gasteiger partial charge in [0.2, 0.25) is 5.91 Å². The van der Waals surface area contributed by atoms with Crippen molar-refractivity contribution in [3.8, 4) is 0 Å². The minimum Gasteiger partial charge on any atom is -0.469 e. The summed E-state index contributed by atoms with van der Waals surface area (Å²) in [5, 5.41) is 3.55. The number of amides is 1. The summed E-state index contributed by atoms with van der Waals surface area (Å²) in [7, 11) is 1.30. The minimum absolute atomic E-state index is 0.137. The van der Waals surface area contributed by atoms with Crippen LogP contribution < -0.4 is 5.32 Å². The molecule has 0 spiro atoms. The summed E-state index contributed by atoms with van der Waals surface area (Å²) < 4.78 is 4.45. The fourth-order valence-corrected chi connectivity index (χ4v) is 1.72. The number of hydrogen-bond acceptors (Lipinski definition) is 3. The van der Waals surface area contributed by atoms with Gasteiger partial charge in [-0.1, -0.05) is 29.3 Å². The van der Waals surface area contributed by atoms with Gasteiger partial charge in [-0.2, -0.15) is 0 Å². The van der Waals surface area contributed by atoms with Crippen molar-refractivity contribution in [2.75, 3.05) is 13.7 Å². The number of carbonyl (C=O) groups is 2. The maximum Gasteiger partial charge on any atom is 0.307 e. The molecule has 0 aliphatic rings. The number of methoxy groups -OCH3 is 1. The van der Waals surface area contributed by atoms with Crippen molar-refractivity contribution < 1.29 is 14.3 Å². The zero-order chi connectivity index (χ0) is 14.3. The van der Waals surface area contributed by atoms with Crippen molar-refractivity contribution in [2.45, 2.75) is 6.42 Å². The third-order valence-corrected chi connectivity index (χ3v) is 2.80. The van der Waals surface area contributed by atoms with E-state index in [4.69, 9.17) is 23.2 Å². The van der Waals surface area contributed by atoms with Crippen LogP contribution in [0.4, 0.5) is 0 Å². The normalized spacial score (nSPS) is 10.5. The SMILES string of the molecule is COC(=O)CCNC(=O)/C=C/c1ccc(Cl)cc1Cl. The highest BCUT2D eigenvalue weighted by atomic mass is 35.5. The third-order valence-electron chi connectivity index (χ3n) is 2.23. The molecule has 0 heterocycles. The van der Waals surface area contributed by atoms with Gasteiger partial charge in [0.1, 0.15) is 0 Å². The number of ether oxygens (including phenoxy) is 1. The third kappa shape index (κ3) is 5.77. The minimum atomic E-state index is -0.370. The largest absolute Gasteiger partial charge is 0.469 e. The second-order valence-electron chi connectivity index (χ2n) is 3.62. The van der Waals surface area contributed by atoms with Crippen LogP contribution in [0.25, 0.3) is 6.08 Å². The van der Waals surface area contributed by atoms with Crippen molar-refractivity contribution >= 4 is 41.2 Å². The lowest BCUT2D eigenvalue weighted by atomic mass is 10.2. The number of esters is 1. The number of rotatable bonds is 5. The van der Waals surface area contributed by atoms with Gasteiger partial charge in [-0.05, 0) is 23.8 Å². The van der Waals surface area contributed by atoms with Crippen molar-refractivity contribution in [3.05, 3.63) is 39.9 Å². The molecule has 1 aromatic carbocycles. The van der Waals surface area contributed by atoms with E-state index in [1.165, 1.54) is 13.2 Å². The first-order valence-corrected chi connectivity index (χ1v) is 6.26. The first-order valence-electron chi connectivity index (χ1n) is 5.50. The van der Waals surface area contributed by atoms with Gasteiger partial charge in [-0.25, -0.2) is 0 Å². The molecule has 0 aliphatic carbocycles. The Balaban J connectivity index is 2.47. The van der Waals surface area contributed by atoms with Crippen LogP contribution in [-0.2, 0) is 14.3 Å². The zero-order valence-corrected chi connectivity index (χ0v) is 11.8. The molecule has 0 aliphatic heterocycles. The van der Waals surface area contributed by atoms with Crippen LogP contribution in [0.15, 0.2) is 24.3 Å². The van der Waals surface area contributed by atoms with Crippen molar-refractivity contribution in [1.29, 1.82) is 0 Å². The number of hydrogen-bond donors (Lipinski definition) is 1. The smallest absolute Gasteiger partial charge is 0.307 e. The maximum atomic E-state index is 11.4. The summed E-state index contributed by atoms with van der Waals surface area (Å²) in [6.45, 7) is 0.226. The number of halogens is 2. The number of carbonyl (C=O) groups excluding carboxylic acids is 2. The molecule has 0 aromatic heterocycles. The average molecular weight is 302 g/mol. The van der Waals surface area contributed by atoms with Crippen molar-refractivity contribution in [3.63, 3.8) is 0 Å². The molecule has 0 radical (unpaired) electrons. The predicted molar refractivity (Wildman–Crippen MR) is 75.1 cm³/mol. The van der Waals surface area contributed by atoms with E-state index in [0.717, 1.165) is 0 Å². The first kappa shape index (κ1) is 15.5. The molecule has 0 atom stereocenters. The molecule has 0 bridgehead atoms. The van der Waals surface area contributed by atoms with E-state index in [1.807, 2.05) is 0 Å². The Hall–Kier alpha value is -1.52. The molecular weight excluding hydrogens is 289 g/mol. The Labute approximate surface area is 121 Å². The molecule has 1 N–H and O–H groups in total. The molecule has 0 saturated carbocycles. The van der Waals surface area contributed by atoms with Crippen LogP contribution in [-0.4, -0.2) is 25.5 Å².